The van der Waals surface area contributed by atoms with Gasteiger partial charge in [-0.2, -0.15) is 31.5 Å². The number of methoxy groups -OCH3 is 1. The van der Waals surface area contributed by atoms with E-state index in [-0.39, 0.29) is 5.71 Å². The molecule has 0 unspecified atom stereocenters. The van der Waals surface area contributed by atoms with Crippen LogP contribution in [-0.2, 0) is 17.1 Å². The number of esters is 1. The topological polar surface area (TPSA) is 98.1 Å². The summed E-state index contributed by atoms with van der Waals surface area (Å²) in [6.07, 6.45) is -7.45. The van der Waals surface area contributed by atoms with E-state index < -0.39 is 51.1 Å². The zero-order valence-corrected chi connectivity index (χ0v) is 14.7. The summed E-state index contributed by atoms with van der Waals surface area (Å²) >= 11 is 5.40. The van der Waals surface area contributed by atoms with Crippen LogP contribution in [0.4, 0.5) is 26.3 Å². The Morgan fingerprint density at radius 1 is 1.07 bits per heavy atom. The molecule has 14 heteroatoms. The van der Waals surface area contributed by atoms with Gasteiger partial charge in [0.05, 0.1) is 18.2 Å². The third-order valence-corrected chi connectivity index (χ3v) is 3.58. The fourth-order valence-corrected chi connectivity index (χ4v) is 2.33. The van der Waals surface area contributed by atoms with Gasteiger partial charge < -0.3 is 9.26 Å². The van der Waals surface area contributed by atoms with Gasteiger partial charge in [-0.3, -0.25) is 4.79 Å². The Morgan fingerprint density at radius 2 is 1.62 bits per heavy atom. The molecule has 0 amide bonds. The molecule has 0 bridgehead atoms. The molecule has 0 fully saturated rings. The number of aromatic nitrogens is 3. The first-order valence-corrected chi connectivity index (χ1v) is 7.59. The van der Waals surface area contributed by atoms with Crippen LogP contribution < -0.4 is 5.56 Å². The standard InChI is InChI=1S/C8H5ClF3NO2.C7H3F3N2O2/c1-15-7(14)5-4(8(10,11)12)2-3-13-6(5)9;8-7(9,10)3-1-2-11-6-4(3)5(13)12-14-6/h2-3H,1H3;1-2H,(H,12,13). The lowest BCUT2D eigenvalue weighted by Crippen LogP contribution is -2.15. The molecule has 0 aliphatic carbocycles. The molecule has 156 valence electrons. The summed E-state index contributed by atoms with van der Waals surface area (Å²) in [4.78, 5) is 28.9. The van der Waals surface area contributed by atoms with E-state index in [0.29, 0.717) is 6.07 Å². The Hall–Kier alpha value is -3.09. The van der Waals surface area contributed by atoms with Gasteiger partial charge in [0.2, 0.25) is 0 Å². The number of alkyl halides is 6. The molecule has 7 nitrogen and oxygen atoms in total. The Labute approximate surface area is 161 Å². The molecule has 3 aromatic rings. The van der Waals surface area contributed by atoms with Crippen molar-refractivity contribution >= 4 is 28.7 Å². The molecule has 0 aliphatic heterocycles. The number of halogens is 7. The highest BCUT2D eigenvalue weighted by molar-refractivity contribution is 6.32. The van der Waals surface area contributed by atoms with Crippen molar-refractivity contribution in [2.45, 2.75) is 12.4 Å². The van der Waals surface area contributed by atoms with Crippen molar-refractivity contribution in [3.8, 4) is 0 Å². The number of ether oxygens (including phenoxy) is 1. The van der Waals surface area contributed by atoms with E-state index in [1.54, 1.807) is 5.16 Å². The molecule has 3 aromatic heterocycles. The molecule has 0 saturated carbocycles. The number of carbonyl (C=O) groups excluding carboxylic acids is 1. The third kappa shape index (κ3) is 4.85. The van der Waals surface area contributed by atoms with Crippen LogP contribution in [0.3, 0.4) is 0 Å². The molecular weight excluding hydrogens is 436 g/mol. The first kappa shape index (κ1) is 22.2. The second kappa shape index (κ2) is 8.11. The Balaban J connectivity index is 0.000000207. The molecule has 1 N–H and O–H groups in total. The van der Waals surface area contributed by atoms with E-state index in [0.717, 1.165) is 25.6 Å². The van der Waals surface area contributed by atoms with Crippen LogP contribution in [-0.4, -0.2) is 28.2 Å². The van der Waals surface area contributed by atoms with E-state index in [9.17, 15) is 35.9 Å². The van der Waals surface area contributed by atoms with Gasteiger partial charge in [-0.1, -0.05) is 11.6 Å². The highest BCUT2D eigenvalue weighted by atomic mass is 35.5. The largest absolute Gasteiger partial charge is 0.465 e. The SMILES string of the molecule is COC(=O)c1c(C(F)(F)F)ccnc1Cl.O=c1[nH]oc2nccc(C(F)(F)F)c12. The van der Waals surface area contributed by atoms with Crippen molar-refractivity contribution in [2.24, 2.45) is 0 Å². The minimum absolute atomic E-state index is 0.343. The maximum absolute atomic E-state index is 12.4. The maximum Gasteiger partial charge on any atom is 0.417 e. The van der Waals surface area contributed by atoms with Crippen LogP contribution in [0.1, 0.15) is 21.5 Å². The first-order chi connectivity index (χ1) is 13.4. The third-order valence-electron chi connectivity index (χ3n) is 3.29. The molecule has 29 heavy (non-hydrogen) atoms. The van der Waals surface area contributed by atoms with Crippen molar-refractivity contribution in [2.75, 3.05) is 7.11 Å². The number of carbonyl (C=O) groups is 1. The highest BCUT2D eigenvalue weighted by Crippen LogP contribution is 2.34. The predicted molar refractivity (Wildman–Crippen MR) is 85.2 cm³/mol. The normalized spacial score (nSPS) is 11.7. The van der Waals surface area contributed by atoms with Crippen LogP contribution >= 0.6 is 11.6 Å². The maximum atomic E-state index is 12.4. The van der Waals surface area contributed by atoms with Gasteiger partial charge >= 0.3 is 18.3 Å². The van der Waals surface area contributed by atoms with Crippen molar-refractivity contribution in [3.05, 3.63) is 56.7 Å². The number of nitrogens with one attached hydrogen (secondary N) is 1. The van der Waals surface area contributed by atoms with Gasteiger partial charge in [0.15, 0.2) is 0 Å². The molecule has 3 rings (SSSR count). The number of H-pyrrole nitrogens is 1. The number of fused-ring (bicyclic) bond motifs is 1. The van der Waals surface area contributed by atoms with Crippen molar-refractivity contribution in [1.29, 1.82) is 0 Å². The Kier molecular flexibility index (Phi) is 6.21. The van der Waals surface area contributed by atoms with Gasteiger partial charge in [0, 0.05) is 12.4 Å². The van der Waals surface area contributed by atoms with E-state index in [4.69, 9.17) is 11.6 Å². The molecule has 0 saturated heterocycles. The van der Waals surface area contributed by atoms with Crippen LogP contribution in [0, 0.1) is 0 Å². The summed E-state index contributed by atoms with van der Waals surface area (Å²) in [5, 5.41) is 0.696. The van der Waals surface area contributed by atoms with E-state index in [1.807, 2.05) is 0 Å². The fraction of sp³-hybridized carbons (Fsp3) is 0.200. The zero-order chi connectivity index (χ0) is 22.0. The van der Waals surface area contributed by atoms with Gasteiger partial charge in [-0.25, -0.2) is 14.8 Å². The molecule has 0 radical (unpaired) electrons. The van der Waals surface area contributed by atoms with Crippen molar-refractivity contribution in [1.82, 2.24) is 15.1 Å². The number of aromatic amines is 1. The van der Waals surface area contributed by atoms with Crippen LogP contribution in [0.2, 0.25) is 5.15 Å². The number of pyridine rings is 2. The van der Waals surface area contributed by atoms with Gasteiger partial charge in [-0.15, -0.1) is 0 Å². The van der Waals surface area contributed by atoms with E-state index in [2.05, 4.69) is 19.2 Å². The quantitative estimate of drug-likeness (QED) is 0.346. The summed E-state index contributed by atoms with van der Waals surface area (Å²) in [7, 11) is 0.964. The average molecular weight is 444 g/mol. The van der Waals surface area contributed by atoms with Crippen LogP contribution in [0.5, 0.6) is 0 Å². The number of nitrogens with zero attached hydrogens (tertiary/aromatic N) is 2. The average Bonchev–Trinajstić information content (AvgIpc) is 3.01. The number of hydrogen-bond donors (Lipinski definition) is 1. The summed E-state index contributed by atoms with van der Waals surface area (Å²) in [5.74, 6) is -1.17. The zero-order valence-electron chi connectivity index (χ0n) is 14.0. The molecule has 0 aliphatic rings. The van der Waals surface area contributed by atoms with Crippen LogP contribution in [0.25, 0.3) is 11.1 Å². The van der Waals surface area contributed by atoms with Gasteiger partial charge in [-0.05, 0) is 12.1 Å². The molecule has 0 aromatic carbocycles. The lowest BCUT2D eigenvalue weighted by atomic mass is 10.1. The van der Waals surface area contributed by atoms with Gasteiger partial charge in [0.1, 0.15) is 16.1 Å². The second-order valence-electron chi connectivity index (χ2n) is 5.08. The number of rotatable bonds is 1. The molecule has 3 heterocycles. The molecular formula is C15H8ClF6N3O4. The first-order valence-electron chi connectivity index (χ1n) is 7.21. The highest BCUT2D eigenvalue weighted by Gasteiger charge is 2.37. The smallest absolute Gasteiger partial charge is 0.417 e. The summed E-state index contributed by atoms with van der Waals surface area (Å²) in [5.41, 5.74) is -4.24. The van der Waals surface area contributed by atoms with Crippen molar-refractivity contribution in [3.63, 3.8) is 0 Å². The fourth-order valence-electron chi connectivity index (χ4n) is 2.09. The lowest BCUT2D eigenvalue weighted by molar-refractivity contribution is -0.138. The lowest BCUT2D eigenvalue weighted by Gasteiger charge is -2.11. The number of hydrogen-bond acceptors (Lipinski definition) is 6. The van der Waals surface area contributed by atoms with Crippen molar-refractivity contribution < 1.29 is 40.4 Å². The summed E-state index contributed by atoms with van der Waals surface area (Å²) in [6.45, 7) is 0. The van der Waals surface area contributed by atoms with E-state index >= 15 is 0 Å². The predicted octanol–water partition coefficient (Wildman–Crippen LogP) is 4.08. The van der Waals surface area contributed by atoms with E-state index in [1.165, 1.54) is 0 Å². The Morgan fingerprint density at radius 3 is 2.17 bits per heavy atom. The second-order valence-corrected chi connectivity index (χ2v) is 5.44. The molecule has 0 spiro atoms. The Bertz CT molecular complexity index is 1090. The summed E-state index contributed by atoms with van der Waals surface area (Å²) < 4.78 is 83.0. The minimum atomic E-state index is -4.67. The minimum Gasteiger partial charge on any atom is -0.465 e. The van der Waals surface area contributed by atoms with Gasteiger partial charge in [0.25, 0.3) is 11.3 Å². The summed E-state index contributed by atoms with van der Waals surface area (Å²) in [6, 6.07) is 1.39. The van der Waals surface area contributed by atoms with Crippen LogP contribution in [0.15, 0.2) is 33.8 Å². The monoisotopic (exact) mass is 443 g/mol. The molecule has 0 atom stereocenters.